The number of rotatable bonds is 8. The molecule has 0 saturated carbocycles. The first-order valence-corrected chi connectivity index (χ1v) is 10.1. The Balaban J connectivity index is 1.91. The number of amides is 1. The topological polar surface area (TPSA) is 108 Å². The molecule has 0 radical (unpaired) electrons. The molecule has 3 rings (SSSR count). The van der Waals surface area contributed by atoms with Crippen LogP contribution in [0.4, 0.5) is 23.3 Å². The molecule has 1 atom stereocenters. The summed E-state index contributed by atoms with van der Waals surface area (Å²) in [7, 11) is 2.03. The van der Waals surface area contributed by atoms with E-state index in [1.54, 1.807) is 12.1 Å². The van der Waals surface area contributed by atoms with E-state index in [2.05, 4.69) is 39.7 Å². The highest BCUT2D eigenvalue weighted by atomic mass is 16.1. The second-order valence-corrected chi connectivity index (χ2v) is 8.06. The Kier molecular flexibility index (Phi) is 6.53. The minimum Gasteiger partial charge on any atom is -0.366 e. The number of nitrogens with zero attached hydrogens (tertiary/aromatic N) is 3. The van der Waals surface area contributed by atoms with Crippen LogP contribution in [0.2, 0.25) is 0 Å². The van der Waals surface area contributed by atoms with Gasteiger partial charge in [-0.3, -0.25) is 4.79 Å². The van der Waals surface area contributed by atoms with E-state index < -0.39 is 5.91 Å². The lowest BCUT2D eigenvalue weighted by atomic mass is 10.1. The van der Waals surface area contributed by atoms with Crippen LogP contribution in [0.1, 0.15) is 36.2 Å². The molecule has 0 unspecified atom stereocenters. The number of primary amides is 1. The standard InChI is InChI=1S/C21H31N7O/c1-13(2)12-28(4)19-10-18(24-16-7-8-23-11-16)26-21(27-19)25-17-9-15(20(22)29)6-5-14(17)3/h5-6,9-10,13,16,23H,7-8,11-12H2,1-4H3,(H2,22,29)(H2,24,25,26,27)/t16-/m0/s1. The average molecular weight is 398 g/mol. The van der Waals surface area contributed by atoms with Gasteiger partial charge in [-0.15, -0.1) is 0 Å². The SMILES string of the molecule is Cc1ccc(C(N)=O)cc1Nc1nc(N[C@H]2CCNC2)cc(N(C)CC(C)C)n1. The summed E-state index contributed by atoms with van der Waals surface area (Å²) in [5, 5.41) is 10.1. The third-order valence-electron chi connectivity index (χ3n) is 4.92. The molecule has 2 heterocycles. The van der Waals surface area contributed by atoms with Gasteiger partial charge in [0.25, 0.3) is 0 Å². The number of hydrogen-bond donors (Lipinski definition) is 4. The molecule has 5 N–H and O–H groups in total. The molecule has 1 fully saturated rings. The van der Waals surface area contributed by atoms with Gasteiger partial charge in [0.1, 0.15) is 11.6 Å². The van der Waals surface area contributed by atoms with Gasteiger partial charge in [-0.05, 0) is 43.5 Å². The Morgan fingerprint density at radius 3 is 2.79 bits per heavy atom. The zero-order chi connectivity index (χ0) is 21.0. The molecular weight excluding hydrogens is 366 g/mol. The number of benzene rings is 1. The molecule has 0 spiro atoms. The van der Waals surface area contributed by atoms with Gasteiger partial charge in [-0.2, -0.15) is 9.97 Å². The van der Waals surface area contributed by atoms with E-state index in [0.29, 0.717) is 23.5 Å². The fourth-order valence-corrected chi connectivity index (χ4v) is 3.42. The second kappa shape index (κ2) is 9.09. The number of nitrogens with one attached hydrogen (secondary N) is 3. The zero-order valence-corrected chi connectivity index (χ0v) is 17.6. The van der Waals surface area contributed by atoms with Crippen molar-refractivity contribution in [3.05, 3.63) is 35.4 Å². The Bertz CT molecular complexity index is 862. The van der Waals surface area contributed by atoms with Crippen molar-refractivity contribution >= 4 is 29.2 Å². The second-order valence-electron chi connectivity index (χ2n) is 8.06. The van der Waals surface area contributed by atoms with Crippen LogP contribution in [0.15, 0.2) is 24.3 Å². The van der Waals surface area contributed by atoms with E-state index >= 15 is 0 Å². The molecule has 1 amide bonds. The van der Waals surface area contributed by atoms with Crippen molar-refractivity contribution < 1.29 is 4.79 Å². The lowest BCUT2D eigenvalue weighted by molar-refractivity contribution is 0.100. The summed E-state index contributed by atoms with van der Waals surface area (Å²) in [5.74, 6) is 2.15. The first kappa shape index (κ1) is 20.9. The summed E-state index contributed by atoms with van der Waals surface area (Å²) in [6.07, 6.45) is 1.06. The number of anilines is 4. The van der Waals surface area contributed by atoms with Crippen molar-refractivity contribution in [3.63, 3.8) is 0 Å². The Hall–Kier alpha value is -2.87. The van der Waals surface area contributed by atoms with Crippen LogP contribution in [0.5, 0.6) is 0 Å². The van der Waals surface area contributed by atoms with Crippen LogP contribution in [-0.4, -0.2) is 48.6 Å². The molecular formula is C21H31N7O. The molecule has 8 nitrogen and oxygen atoms in total. The third kappa shape index (κ3) is 5.57. The van der Waals surface area contributed by atoms with E-state index in [1.807, 2.05) is 26.1 Å². The largest absolute Gasteiger partial charge is 0.366 e. The van der Waals surface area contributed by atoms with Crippen molar-refractivity contribution in [3.8, 4) is 0 Å². The number of carbonyl (C=O) groups excluding carboxylic acids is 1. The molecule has 29 heavy (non-hydrogen) atoms. The van der Waals surface area contributed by atoms with Crippen LogP contribution in [0.3, 0.4) is 0 Å². The van der Waals surface area contributed by atoms with E-state index in [-0.39, 0.29) is 0 Å². The molecule has 1 aliphatic heterocycles. The van der Waals surface area contributed by atoms with Gasteiger partial charge in [-0.1, -0.05) is 19.9 Å². The van der Waals surface area contributed by atoms with Crippen molar-refractivity contribution in [1.82, 2.24) is 15.3 Å². The normalized spacial score (nSPS) is 16.1. The Labute approximate surface area is 172 Å². The van der Waals surface area contributed by atoms with Crippen LogP contribution >= 0.6 is 0 Å². The number of nitrogens with two attached hydrogens (primary N) is 1. The van der Waals surface area contributed by atoms with Gasteiger partial charge in [0.15, 0.2) is 0 Å². The summed E-state index contributed by atoms with van der Waals surface area (Å²) in [5.41, 5.74) is 7.62. The van der Waals surface area contributed by atoms with Gasteiger partial charge in [0, 0.05) is 43.5 Å². The first-order valence-electron chi connectivity index (χ1n) is 10.1. The van der Waals surface area contributed by atoms with Crippen LogP contribution in [-0.2, 0) is 0 Å². The van der Waals surface area contributed by atoms with E-state index in [4.69, 9.17) is 10.7 Å². The first-order chi connectivity index (χ1) is 13.8. The Morgan fingerprint density at radius 1 is 1.34 bits per heavy atom. The van der Waals surface area contributed by atoms with Gasteiger partial charge in [0.2, 0.25) is 11.9 Å². The summed E-state index contributed by atoms with van der Waals surface area (Å²) in [6.45, 7) is 9.14. The molecule has 1 aliphatic rings. The quantitative estimate of drug-likeness (QED) is 0.542. The molecule has 1 aromatic heterocycles. The predicted octanol–water partition coefficient (Wildman–Crippen LogP) is 2.49. The van der Waals surface area contributed by atoms with Gasteiger partial charge in [-0.25, -0.2) is 0 Å². The van der Waals surface area contributed by atoms with Crippen molar-refractivity contribution in [2.45, 2.75) is 33.2 Å². The average Bonchev–Trinajstić information content (AvgIpc) is 3.15. The molecule has 0 aliphatic carbocycles. The van der Waals surface area contributed by atoms with Gasteiger partial charge < -0.3 is 26.6 Å². The minimum atomic E-state index is -0.463. The lowest BCUT2D eigenvalue weighted by Gasteiger charge is -2.22. The molecule has 8 heteroatoms. The van der Waals surface area contributed by atoms with Gasteiger partial charge >= 0.3 is 0 Å². The van der Waals surface area contributed by atoms with Crippen molar-refractivity contribution in [2.24, 2.45) is 11.7 Å². The molecule has 2 aromatic rings. The highest BCUT2D eigenvalue weighted by Crippen LogP contribution is 2.24. The smallest absolute Gasteiger partial charge is 0.248 e. The number of hydrogen-bond acceptors (Lipinski definition) is 7. The van der Waals surface area contributed by atoms with E-state index in [0.717, 1.165) is 48.9 Å². The van der Waals surface area contributed by atoms with Crippen molar-refractivity contribution in [2.75, 3.05) is 42.2 Å². The fraction of sp³-hybridized carbons (Fsp3) is 0.476. The van der Waals surface area contributed by atoms with Crippen LogP contribution in [0.25, 0.3) is 0 Å². The highest BCUT2D eigenvalue weighted by Gasteiger charge is 2.17. The van der Waals surface area contributed by atoms with Crippen LogP contribution < -0.4 is 26.6 Å². The van der Waals surface area contributed by atoms with E-state index in [9.17, 15) is 4.79 Å². The summed E-state index contributed by atoms with van der Waals surface area (Å²) >= 11 is 0. The molecule has 1 aromatic carbocycles. The van der Waals surface area contributed by atoms with Crippen molar-refractivity contribution in [1.29, 1.82) is 0 Å². The fourth-order valence-electron chi connectivity index (χ4n) is 3.42. The molecule has 0 bridgehead atoms. The monoisotopic (exact) mass is 397 g/mol. The van der Waals surface area contributed by atoms with Crippen LogP contribution in [0, 0.1) is 12.8 Å². The molecule has 1 saturated heterocycles. The number of aromatic nitrogens is 2. The van der Waals surface area contributed by atoms with Gasteiger partial charge in [0.05, 0.1) is 0 Å². The number of aryl methyl sites for hydroxylation is 1. The minimum absolute atomic E-state index is 0.348. The van der Waals surface area contributed by atoms with E-state index in [1.165, 1.54) is 0 Å². The zero-order valence-electron chi connectivity index (χ0n) is 17.6. The Morgan fingerprint density at radius 2 is 2.14 bits per heavy atom. The molecule has 156 valence electrons. The maximum atomic E-state index is 11.6. The highest BCUT2D eigenvalue weighted by molar-refractivity contribution is 5.94. The summed E-state index contributed by atoms with van der Waals surface area (Å²) < 4.78 is 0. The summed E-state index contributed by atoms with van der Waals surface area (Å²) in [6, 6.07) is 7.65. The predicted molar refractivity (Wildman–Crippen MR) is 118 cm³/mol. The summed E-state index contributed by atoms with van der Waals surface area (Å²) in [4.78, 5) is 23.0. The lowest BCUT2D eigenvalue weighted by Crippen LogP contribution is -2.26. The number of carbonyl (C=O) groups is 1. The third-order valence-corrected chi connectivity index (χ3v) is 4.92. The maximum Gasteiger partial charge on any atom is 0.248 e. The maximum absolute atomic E-state index is 11.6.